The summed E-state index contributed by atoms with van der Waals surface area (Å²) in [7, 11) is 0. The van der Waals surface area contributed by atoms with E-state index in [2.05, 4.69) is 10.4 Å². The molecule has 0 saturated carbocycles. The lowest BCUT2D eigenvalue weighted by molar-refractivity contribution is -0.384. The van der Waals surface area contributed by atoms with Gasteiger partial charge in [0.05, 0.1) is 10.4 Å². The predicted molar refractivity (Wildman–Crippen MR) is 110 cm³/mol. The van der Waals surface area contributed by atoms with Crippen molar-refractivity contribution in [2.24, 2.45) is 0 Å². The van der Waals surface area contributed by atoms with E-state index in [-0.39, 0.29) is 18.0 Å². The third kappa shape index (κ3) is 3.52. The lowest BCUT2D eigenvalue weighted by atomic mass is 10.1. The number of nitrogens with one attached hydrogen (secondary N) is 1. The van der Waals surface area contributed by atoms with Gasteiger partial charge < -0.3 is 5.32 Å². The summed E-state index contributed by atoms with van der Waals surface area (Å²) in [6, 6.07) is 13.8. The Kier molecular flexibility index (Phi) is 4.67. The predicted octanol–water partition coefficient (Wildman–Crippen LogP) is 3.98. The summed E-state index contributed by atoms with van der Waals surface area (Å²) in [6.07, 6.45) is 0.732. The maximum absolute atomic E-state index is 12.4. The van der Waals surface area contributed by atoms with Crippen LogP contribution in [0, 0.1) is 24.0 Å². The van der Waals surface area contributed by atoms with Crippen molar-refractivity contribution in [1.82, 2.24) is 14.6 Å². The van der Waals surface area contributed by atoms with Crippen LogP contribution in [0.4, 0.5) is 11.4 Å². The van der Waals surface area contributed by atoms with Crippen LogP contribution in [0.25, 0.3) is 16.6 Å². The van der Waals surface area contributed by atoms with Crippen molar-refractivity contribution in [2.45, 2.75) is 26.7 Å². The molecule has 0 fully saturated rings. The Morgan fingerprint density at radius 3 is 2.76 bits per heavy atom. The molecule has 2 aromatic carbocycles. The monoisotopic (exact) mass is 389 g/mol. The number of benzene rings is 2. The molecular weight excluding hydrogens is 370 g/mol. The second-order valence-corrected chi connectivity index (χ2v) is 6.87. The summed E-state index contributed by atoms with van der Waals surface area (Å²) in [6.45, 7) is 3.91. The number of aryl methyl sites for hydroxylation is 2. The Balaban J connectivity index is 1.55. The first-order chi connectivity index (χ1) is 13.9. The van der Waals surface area contributed by atoms with Crippen molar-refractivity contribution >= 4 is 33.8 Å². The van der Waals surface area contributed by atoms with Crippen molar-refractivity contribution in [1.29, 1.82) is 0 Å². The highest BCUT2D eigenvalue weighted by Gasteiger charge is 2.15. The molecule has 0 aliphatic heterocycles. The lowest BCUT2D eigenvalue weighted by Crippen LogP contribution is -2.14. The summed E-state index contributed by atoms with van der Waals surface area (Å²) in [5.74, 6) is -0.213. The quantitative estimate of drug-likeness (QED) is 0.411. The second-order valence-electron chi connectivity index (χ2n) is 6.87. The van der Waals surface area contributed by atoms with Gasteiger partial charge in [0.25, 0.3) is 5.69 Å². The SMILES string of the molecule is Cc1nc2c3ccccc3nn2c(C)c1CCC(=O)Nc1cccc([N+](=O)[O-])c1. The molecule has 0 saturated heterocycles. The van der Waals surface area contributed by atoms with E-state index < -0.39 is 4.92 Å². The summed E-state index contributed by atoms with van der Waals surface area (Å²) in [5, 5.41) is 19.2. The first-order valence-electron chi connectivity index (χ1n) is 9.22. The number of amides is 1. The smallest absolute Gasteiger partial charge is 0.271 e. The van der Waals surface area contributed by atoms with Crippen molar-refractivity contribution < 1.29 is 9.72 Å². The molecule has 1 amide bonds. The molecule has 8 heteroatoms. The van der Waals surface area contributed by atoms with Crippen molar-refractivity contribution in [3.8, 4) is 0 Å². The van der Waals surface area contributed by atoms with Crippen molar-refractivity contribution in [3.63, 3.8) is 0 Å². The van der Waals surface area contributed by atoms with E-state index in [4.69, 9.17) is 4.98 Å². The first-order valence-corrected chi connectivity index (χ1v) is 9.22. The molecule has 29 heavy (non-hydrogen) atoms. The van der Waals surface area contributed by atoms with Crippen LogP contribution in [0.1, 0.15) is 23.4 Å². The van der Waals surface area contributed by atoms with Crippen LogP contribution in [-0.2, 0) is 11.2 Å². The fraction of sp³-hybridized carbons (Fsp3) is 0.190. The summed E-state index contributed by atoms with van der Waals surface area (Å²) < 4.78 is 1.82. The summed E-state index contributed by atoms with van der Waals surface area (Å²) in [5.41, 5.74) is 4.82. The molecule has 4 rings (SSSR count). The van der Waals surface area contributed by atoms with E-state index in [0.29, 0.717) is 12.1 Å². The van der Waals surface area contributed by atoms with Gasteiger partial charge in [-0.05, 0) is 44.0 Å². The molecule has 2 aromatic heterocycles. The van der Waals surface area contributed by atoms with E-state index >= 15 is 0 Å². The molecule has 0 aliphatic rings. The number of fused-ring (bicyclic) bond motifs is 3. The molecular formula is C21H19N5O3. The Labute approximate surface area is 166 Å². The number of hydrogen-bond donors (Lipinski definition) is 1. The zero-order chi connectivity index (χ0) is 20.5. The highest BCUT2D eigenvalue weighted by molar-refractivity contribution is 5.92. The third-order valence-electron chi connectivity index (χ3n) is 4.96. The molecule has 146 valence electrons. The molecule has 0 aliphatic carbocycles. The van der Waals surface area contributed by atoms with Crippen LogP contribution < -0.4 is 5.32 Å². The van der Waals surface area contributed by atoms with Gasteiger partial charge in [-0.2, -0.15) is 5.10 Å². The average molecular weight is 389 g/mol. The van der Waals surface area contributed by atoms with Gasteiger partial charge >= 0.3 is 0 Å². The average Bonchev–Trinajstić information content (AvgIpc) is 3.07. The Morgan fingerprint density at radius 2 is 1.97 bits per heavy atom. The van der Waals surface area contributed by atoms with Gasteiger partial charge in [-0.25, -0.2) is 9.50 Å². The topological polar surface area (TPSA) is 102 Å². The van der Waals surface area contributed by atoms with E-state index in [1.165, 1.54) is 12.1 Å². The third-order valence-corrected chi connectivity index (χ3v) is 4.96. The van der Waals surface area contributed by atoms with Gasteiger partial charge in [0.2, 0.25) is 5.91 Å². The molecule has 0 atom stereocenters. The number of carbonyl (C=O) groups is 1. The Hall–Kier alpha value is -3.81. The maximum Gasteiger partial charge on any atom is 0.271 e. The molecule has 0 unspecified atom stereocenters. The first kappa shape index (κ1) is 18.5. The van der Waals surface area contributed by atoms with Gasteiger partial charge in [0.15, 0.2) is 5.65 Å². The highest BCUT2D eigenvalue weighted by atomic mass is 16.6. The maximum atomic E-state index is 12.4. The largest absolute Gasteiger partial charge is 0.326 e. The minimum Gasteiger partial charge on any atom is -0.326 e. The molecule has 8 nitrogen and oxygen atoms in total. The molecule has 0 radical (unpaired) electrons. The Morgan fingerprint density at radius 1 is 1.17 bits per heavy atom. The number of carbonyl (C=O) groups excluding carboxylic acids is 1. The fourth-order valence-electron chi connectivity index (χ4n) is 3.50. The number of non-ortho nitro benzene ring substituents is 1. The van der Waals surface area contributed by atoms with Gasteiger partial charge in [-0.15, -0.1) is 0 Å². The molecule has 2 heterocycles. The number of anilines is 1. The number of hydrogen-bond acceptors (Lipinski definition) is 5. The molecule has 1 N–H and O–H groups in total. The molecule has 4 aromatic rings. The standard InChI is InChI=1S/C21H19N5O3/c1-13-17(10-11-20(27)23-15-6-5-7-16(12-15)26(28)29)14(2)25-21(22-13)18-8-3-4-9-19(18)24-25/h3-9,12H,10-11H2,1-2H3,(H,23,27). The number of aromatic nitrogens is 3. The number of nitrogens with zero attached hydrogens (tertiary/aromatic N) is 4. The lowest BCUT2D eigenvalue weighted by Gasteiger charge is -2.11. The van der Waals surface area contributed by atoms with E-state index in [9.17, 15) is 14.9 Å². The van der Waals surface area contributed by atoms with Gasteiger partial charge in [0.1, 0.15) is 0 Å². The number of rotatable bonds is 5. The summed E-state index contributed by atoms with van der Waals surface area (Å²) in [4.78, 5) is 27.5. The van der Waals surface area contributed by atoms with Crippen LogP contribution in [0.3, 0.4) is 0 Å². The van der Waals surface area contributed by atoms with Gasteiger partial charge in [-0.3, -0.25) is 14.9 Å². The fourth-order valence-corrected chi connectivity index (χ4v) is 3.50. The van der Waals surface area contributed by atoms with E-state index in [0.717, 1.165) is 33.5 Å². The minimum atomic E-state index is -0.489. The van der Waals surface area contributed by atoms with Crippen LogP contribution in [-0.4, -0.2) is 25.4 Å². The van der Waals surface area contributed by atoms with Gasteiger partial charge in [0, 0.05) is 41.0 Å². The van der Waals surface area contributed by atoms with Gasteiger partial charge in [-0.1, -0.05) is 18.2 Å². The van der Waals surface area contributed by atoms with Crippen LogP contribution in [0.15, 0.2) is 48.5 Å². The van der Waals surface area contributed by atoms with Crippen LogP contribution in [0.5, 0.6) is 0 Å². The number of nitro benzene ring substituents is 1. The minimum absolute atomic E-state index is 0.0603. The zero-order valence-electron chi connectivity index (χ0n) is 16.0. The molecule has 0 bridgehead atoms. The Bertz CT molecular complexity index is 1260. The second kappa shape index (κ2) is 7.31. The molecule has 0 spiro atoms. The number of nitro groups is 1. The van der Waals surface area contributed by atoms with Crippen molar-refractivity contribution in [3.05, 3.63) is 75.6 Å². The summed E-state index contributed by atoms with van der Waals surface area (Å²) >= 11 is 0. The van der Waals surface area contributed by atoms with Crippen LogP contribution >= 0.6 is 0 Å². The normalized spacial score (nSPS) is 11.1. The van der Waals surface area contributed by atoms with Crippen LogP contribution in [0.2, 0.25) is 0 Å². The zero-order valence-corrected chi connectivity index (χ0v) is 16.0. The van der Waals surface area contributed by atoms with Crippen molar-refractivity contribution in [2.75, 3.05) is 5.32 Å². The highest BCUT2D eigenvalue weighted by Crippen LogP contribution is 2.23. The van der Waals surface area contributed by atoms with E-state index in [1.807, 2.05) is 42.6 Å². The van der Waals surface area contributed by atoms with E-state index in [1.54, 1.807) is 12.1 Å².